The molecule has 1 atom stereocenters. The minimum absolute atomic E-state index is 0.187. The van der Waals surface area contributed by atoms with Crippen LogP contribution in [0.1, 0.15) is 44.9 Å². The Kier molecular flexibility index (Phi) is 4.57. The molecule has 0 amide bonds. The topological polar surface area (TPSA) is 92.7 Å². The third-order valence-corrected chi connectivity index (χ3v) is 6.43. The lowest BCUT2D eigenvalue weighted by molar-refractivity contribution is -0.0672. The highest BCUT2D eigenvalue weighted by atomic mass is 32.2. The number of alkyl halides is 1. The van der Waals surface area contributed by atoms with Crippen LogP contribution in [0.5, 0.6) is 0 Å². The Morgan fingerprint density at radius 1 is 1.13 bits per heavy atom. The minimum Gasteiger partial charge on any atom is -0.746 e. The van der Waals surface area contributed by atoms with Crippen LogP contribution in [-0.2, 0) is 19.6 Å². The second-order valence-corrected chi connectivity index (χ2v) is 8.98. The summed E-state index contributed by atoms with van der Waals surface area (Å²) >= 11 is 0. The summed E-state index contributed by atoms with van der Waals surface area (Å²) in [5.41, 5.74) is -2.49. The molecule has 0 saturated heterocycles. The number of carbonyl (C=O) groups excluding carboxylic acids is 1. The summed E-state index contributed by atoms with van der Waals surface area (Å²) < 4.78 is 53.2. The molecule has 0 aromatic rings. The van der Waals surface area contributed by atoms with Crippen LogP contribution >= 0.6 is 0 Å². The van der Waals surface area contributed by atoms with E-state index in [1.54, 1.807) is 0 Å². The first-order valence-electron chi connectivity index (χ1n) is 8.14. The molecule has 8 heteroatoms. The molecule has 1 unspecified atom stereocenters. The van der Waals surface area contributed by atoms with Gasteiger partial charge in [0.1, 0.15) is 16.7 Å². The fourth-order valence-corrected chi connectivity index (χ4v) is 5.44. The first kappa shape index (κ1) is 17.0. The predicted octanol–water partition coefficient (Wildman–Crippen LogP) is 2.59. The average molecular weight is 349 g/mol. The number of ether oxygens (including phenoxy) is 2. The Labute approximate surface area is 135 Å². The van der Waals surface area contributed by atoms with Gasteiger partial charge < -0.3 is 14.0 Å². The molecule has 0 aromatic carbocycles. The van der Waals surface area contributed by atoms with Crippen molar-refractivity contribution in [3.05, 3.63) is 0 Å². The van der Waals surface area contributed by atoms with Crippen molar-refractivity contribution in [1.82, 2.24) is 0 Å². The molecule has 4 saturated carbocycles. The molecule has 0 spiro atoms. The van der Waals surface area contributed by atoms with Crippen LogP contribution in [0.2, 0.25) is 0 Å². The quantitative estimate of drug-likeness (QED) is 0.540. The second-order valence-electron chi connectivity index (χ2n) is 7.48. The number of halogens is 1. The highest BCUT2D eigenvalue weighted by Crippen LogP contribution is 2.61. The van der Waals surface area contributed by atoms with Crippen LogP contribution in [0.4, 0.5) is 9.18 Å². The zero-order valence-corrected chi connectivity index (χ0v) is 13.7. The number of hydrogen-bond acceptors (Lipinski definition) is 6. The molecule has 6 nitrogen and oxygen atoms in total. The lowest BCUT2D eigenvalue weighted by Gasteiger charge is -2.57. The van der Waals surface area contributed by atoms with E-state index >= 15 is 0 Å². The number of carbonyl (C=O) groups is 1. The van der Waals surface area contributed by atoms with E-state index in [9.17, 15) is 22.2 Å². The Bertz CT molecular complexity index is 525. The van der Waals surface area contributed by atoms with Crippen LogP contribution in [-0.4, -0.2) is 37.8 Å². The standard InChI is InChI=1S/C15H23FO6S/c16-13(23(18,19)20)9-22-14(17)21-2-1-15-6-10-3-11(7-15)5-12(4-10)8-15/h10-13H,1-9H2,(H,18,19,20)/p-1. The SMILES string of the molecule is O=C(OCCC12CC3CC(CC(C3)C1)C2)OCC(F)S(=O)(=O)[O-]. The van der Waals surface area contributed by atoms with E-state index in [4.69, 9.17) is 4.74 Å². The summed E-state index contributed by atoms with van der Waals surface area (Å²) in [7, 11) is -5.10. The van der Waals surface area contributed by atoms with Crippen molar-refractivity contribution < 1.29 is 31.6 Å². The van der Waals surface area contributed by atoms with E-state index in [2.05, 4.69) is 4.74 Å². The zero-order chi connectivity index (χ0) is 16.7. The fourth-order valence-electron chi connectivity index (χ4n) is 5.21. The molecule has 0 radical (unpaired) electrons. The van der Waals surface area contributed by atoms with Gasteiger partial charge in [0.05, 0.1) is 6.61 Å². The smallest absolute Gasteiger partial charge is 0.508 e. The van der Waals surface area contributed by atoms with Crippen LogP contribution in [0.3, 0.4) is 0 Å². The van der Waals surface area contributed by atoms with Gasteiger partial charge in [-0.05, 0) is 68.1 Å². The molecule has 0 heterocycles. The van der Waals surface area contributed by atoms with Crippen molar-refractivity contribution in [2.24, 2.45) is 23.2 Å². The van der Waals surface area contributed by atoms with Crippen LogP contribution in [0, 0.1) is 23.2 Å². The lowest BCUT2D eigenvalue weighted by atomic mass is 9.49. The van der Waals surface area contributed by atoms with E-state index in [0.717, 1.165) is 24.2 Å². The Morgan fingerprint density at radius 2 is 1.65 bits per heavy atom. The third-order valence-electron chi connectivity index (χ3n) is 5.66. The van der Waals surface area contributed by atoms with Gasteiger partial charge in [-0.2, -0.15) is 0 Å². The highest BCUT2D eigenvalue weighted by molar-refractivity contribution is 7.86. The van der Waals surface area contributed by atoms with E-state index < -0.39 is 28.4 Å². The molecule has 0 aromatic heterocycles. The van der Waals surface area contributed by atoms with Crippen LogP contribution < -0.4 is 0 Å². The van der Waals surface area contributed by atoms with Gasteiger partial charge in [0, 0.05) is 0 Å². The number of hydrogen-bond donors (Lipinski definition) is 0. The maximum atomic E-state index is 12.9. The largest absolute Gasteiger partial charge is 0.746 e. The summed E-state index contributed by atoms with van der Waals surface area (Å²) in [6, 6.07) is 0. The Morgan fingerprint density at radius 3 is 2.13 bits per heavy atom. The van der Waals surface area contributed by atoms with Gasteiger partial charge >= 0.3 is 6.16 Å². The maximum Gasteiger partial charge on any atom is 0.508 e. The molecule has 4 fully saturated rings. The Balaban J connectivity index is 1.40. The third kappa shape index (κ3) is 3.96. The molecule has 4 bridgehead atoms. The second kappa shape index (κ2) is 6.20. The predicted molar refractivity (Wildman–Crippen MR) is 77.1 cm³/mol. The van der Waals surface area contributed by atoms with Gasteiger partial charge in [-0.25, -0.2) is 17.6 Å². The van der Waals surface area contributed by atoms with E-state index in [-0.39, 0.29) is 12.0 Å². The summed E-state index contributed by atoms with van der Waals surface area (Å²) in [4.78, 5) is 11.4. The van der Waals surface area contributed by atoms with Crippen molar-refractivity contribution >= 4 is 16.3 Å². The first-order valence-corrected chi connectivity index (χ1v) is 9.61. The van der Waals surface area contributed by atoms with Crippen molar-refractivity contribution in [2.75, 3.05) is 13.2 Å². The average Bonchev–Trinajstić information content (AvgIpc) is 2.42. The summed E-state index contributed by atoms with van der Waals surface area (Å²) in [5.74, 6) is 2.42. The van der Waals surface area contributed by atoms with Crippen molar-refractivity contribution in [3.8, 4) is 0 Å². The highest BCUT2D eigenvalue weighted by Gasteiger charge is 2.50. The summed E-state index contributed by atoms with van der Waals surface area (Å²) in [5, 5.41) is 0. The minimum atomic E-state index is -5.10. The van der Waals surface area contributed by atoms with E-state index in [1.807, 2.05) is 0 Å². The van der Waals surface area contributed by atoms with Gasteiger partial charge in [-0.3, -0.25) is 0 Å². The molecule has 0 aliphatic heterocycles. The van der Waals surface area contributed by atoms with Crippen molar-refractivity contribution in [2.45, 2.75) is 50.4 Å². The van der Waals surface area contributed by atoms with Gasteiger partial charge in [-0.1, -0.05) is 0 Å². The molecular formula is C15H22FO6S-. The molecule has 4 aliphatic carbocycles. The maximum absolute atomic E-state index is 12.9. The molecule has 4 aliphatic rings. The summed E-state index contributed by atoms with van der Waals surface area (Å²) in [6.07, 6.45) is 7.23. The Hall–Kier alpha value is -0.890. The van der Waals surface area contributed by atoms with Gasteiger partial charge in [0.2, 0.25) is 5.50 Å². The normalized spacial score (nSPS) is 36.7. The molecule has 4 rings (SSSR count). The van der Waals surface area contributed by atoms with Gasteiger partial charge in [0.25, 0.3) is 0 Å². The molecule has 132 valence electrons. The molecular weight excluding hydrogens is 327 g/mol. The number of rotatable bonds is 6. The van der Waals surface area contributed by atoms with Crippen molar-refractivity contribution in [1.29, 1.82) is 0 Å². The van der Waals surface area contributed by atoms with E-state index in [0.29, 0.717) is 0 Å². The van der Waals surface area contributed by atoms with E-state index in [1.165, 1.54) is 38.5 Å². The van der Waals surface area contributed by atoms with Crippen LogP contribution in [0.15, 0.2) is 0 Å². The molecule has 0 N–H and O–H groups in total. The van der Waals surface area contributed by atoms with Gasteiger partial charge in [0.15, 0.2) is 0 Å². The first-order chi connectivity index (χ1) is 10.8. The van der Waals surface area contributed by atoms with Crippen molar-refractivity contribution in [3.63, 3.8) is 0 Å². The fraction of sp³-hybridized carbons (Fsp3) is 0.933. The lowest BCUT2D eigenvalue weighted by Crippen LogP contribution is -2.46. The zero-order valence-electron chi connectivity index (χ0n) is 12.9. The van der Waals surface area contributed by atoms with Crippen LogP contribution in [0.25, 0.3) is 0 Å². The van der Waals surface area contributed by atoms with Gasteiger partial charge in [-0.15, -0.1) is 0 Å². The molecule has 23 heavy (non-hydrogen) atoms. The monoisotopic (exact) mass is 349 g/mol. The summed E-state index contributed by atoms with van der Waals surface area (Å²) in [6.45, 7) is -0.936.